The van der Waals surface area contributed by atoms with Gasteiger partial charge in [-0.25, -0.2) is 4.79 Å². The van der Waals surface area contributed by atoms with Crippen LogP contribution in [0.1, 0.15) is 52.4 Å². The van der Waals surface area contributed by atoms with Gasteiger partial charge in [-0.05, 0) is 65.0 Å². The zero-order valence-corrected chi connectivity index (χ0v) is 14.1. The van der Waals surface area contributed by atoms with Crippen molar-refractivity contribution in [1.29, 1.82) is 0 Å². The molecule has 2 atom stereocenters. The monoisotopic (exact) mass is 295 g/mol. The molecule has 0 bridgehead atoms. The molecule has 0 aromatic heterocycles. The molecule has 0 aromatic rings. The number of nitrogens with zero attached hydrogens (tertiary/aromatic N) is 2. The van der Waals surface area contributed by atoms with Gasteiger partial charge in [-0.1, -0.05) is 12.8 Å². The maximum absolute atomic E-state index is 12.2. The highest BCUT2D eigenvalue weighted by Crippen LogP contribution is 2.35. The van der Waals surface area contributed by atoms with Crippen LogP contribution in [-0.4, -0.2) is 55.1 Å². The Hall–Kier alpha value is -0.770. The zero-order chi connectivity index (χ0) is 15.2. The molecule has 1 aliphatic carbocycles. The number of hydrogen-bond donors (Lipinski definition) is 1. The van der Waals surface area contributed by atoms with Gasteiger partial charge < -0.3 is 15.1 Å². The molecule has 2 fully saturated rings. The second kappa shape index (κ2) is 8.02. The van der Waals surface area contributed by atoms with Crippen LogP contribution in [-0.2, 0) is 0 Å². The molecule has 2 aliphatic rings. The molecule has 0 spiro atoms. The number of urea groups is 1. The van der Waals surface area contributed by atoms with E-state index >= 15 is 0 Å². The molecule has 1 heterocycles. The molecular formula is C17H33N3O. The maximum atomic E-state index is 12.2. The van der Waals surface area contributed by atoms with Crippen LogP contribution >= 0.6 is 0 Å². The minimum absolute atomic E-state index is 0.168. The second-order valence-corrected chi connectivity index (χ2v) is 7.22. The highest BCUT2D eigenvalue weighted by molar-refractivity contribution is 5.74. The molecule has 2 amide bonds. The summed E-state index contributed by atoms with van der Waals surface area (Å²) in [6.07, 6.45) is 7.61. The van der Waals surface area contributed by atoms with Crippen molar-refractivity contribution in [2.24, 2.45) is 11.8 Å². The van der Waals surface area contributed by atoms with Gasteiger partial charge in [0.25, 0.3) is 0 Å². The number of unbranched alkanes of at least 4 members (excludes halogenated alkanes) is 1. The first-order chi connectivity index (χ1) is 10.1. The van der Waals surface area contributed by atoms with Gasteiger partial charge in [-0.2, -0.15) is 0 Å². The quantitative estimate of drug-likeness (QED) is 0.765. The van der Waals surface area contributed by atoms with E-state index in [9.17, 15) is 4.79 Å². The number of likely N-dealkylation sites (tertiary alicyclic amines) is 1. The molecule has 1 saturated heterocycles. The summed E-state index contributed by atoms with van der Waals surface area (Å²) in [5, 5.41) is 3.11. The van der Waals surface area contributed by atoms with Gasteiger partial charge >= 0.3 is 6.03 Å². The number of nitrogens with one attached hydrogen (secondary N) is 1. The lowest BCUT2D eigenvalue weighted by atomic mass is 9.82. The maximum Gasteiger partial charge on any atom is 0.317 e. The Balaban J connectivity index is 1.58. The Kier molecular flexibility index (Phi) is 6.34. The molecule has 0 radical (unpaired) electrons. The third kappa shape index (κ3) is 4.87. The fourth-order valence-electron chi connectivity index (χ4n) is 3.62. The molecule has 4 nitrogen and oxygen atoms in total. The number of amides is 2. The summed E-state index contributed by atoms with van der Waals surface area (Å²) in [6, 6.07) is 0.772. The first-order valence-corrected chi connectivity index (χ1v) is 8.81. The van der Waals surface area contributed by atoms with E-state index in [1.165, 1.54) is 25.7 Å². The minimum atomic E-state index is 0.168. The molecule has 1 aliphatic heterocycles. The molecular weight excluding hydrogens is 262 g/mol. The van der Waals surface area contributed by atoms with E-state index in [4.69, 9.17) is 0 Å². The molecule has 2 unspecified atom stereocenters. The minimum Gasteiger partial charge on any atom is -0.338 e. The first kappa shape index (κ1) is 16.6. The van der Waals surface area contributed by atoms with Crippen molar-refractivity contribution >= 4 is 6.03 Å². The van der Waals surface area contributed by atoms with Gasteiger partial charge in [0.2, 0.25) is 0 Å². The Labute approximate surface area is 130 Å². The SMILES string of the molecule is CC(C)N(C)CCCCNC(=O)N1CC2CCCCC2C1. The lowest BCUT2D eigenvalue weighted by Crippen LogP contribution is -2.39. The summed E-state index contributed by atoms with van der Waals surface area (Å²) in [7, 11) is 2.16. The third-order valence-corrected chi connectivity index (χ3v) is 5.36. The number of carbonyl (C=O) groups is 1. The van der Waals surface area contributed by atoms with E-state index in [0.717, 1.165) is 50.9 Å². The Morgan fingerprint density at radius 1 is 1.19 bits per heavy atom. The van der Waals surface area contributed by atoms with Crippen molar-refractivity contribution in [3.8, 4) is 0 Å². The lowest BCUT2D eigenvalue weighted by Gasteiger charge is -2.22. The van der Waals surface area contributed by atoms with Crippen LogP contribution in [0.5, 0.6) is 0 Å². The summed E-state index contributed by atoms with van der Waals surface area (Å²) in [4.78, 5) is 16.6. The van der Waals surface area contributed by atoms with Crippen molar-refractivity contribution in [2.75, 3.05) is 33.2 Å². The van der Waals surface area contributed by atoms with Crippen LogP contribution < -0.4 is 5.32 Å². The molecule has 2 rings (SSSR count). The van der Waals surface area contributed by atoms with Gasteiger partial charge in [-0.3, -0.25) is 0 Å². The van der Waals surface area contributed by atoms with Crippen LogP contribution in [0.3, 0.4) is 0 Å². The summed E-state index contributed by atoms with van der Waals surface area (Å²) in [5.74, 6) is 1.56. The van der Waals surface area contributed by atoms with E-state index < -0.39 is 0 Å². The zero-order valence-electron chi connectivity index (χ0n) is 14.1. The largest absolute Gasteiger partial charge is 0.338 e. The number of fused-ring (bicyclic) bond motifs is 1. The van der Waals surface area contributed by atoms with Crippen LogP contribution in [0.25, 0.3) is 0 Å². The topological polar surface area (TPSA) is 35.6 Å². The van der Waals surface area contributed by atoms with Gasteiger partial charge in [0.05, 0.1) is 0 Å². The smallest absolute Gasteiger partial charge is 0.317 e. The molecule has 1 N–H and O–H groups in total. The van der Waals surface area contributed by atoms with E-state index in [1.54, 1.807) is 0 Å². The average molecular weight is 295 g/mol. The second-order valence-electron chi connectivity index (χ2n) is 7.22. The Morgan fingerprint density at radius 2 is 1.81 bits per heavy atom. The van der Waals surface area contributed by atoms with Gasteiger partial charge in [0.1, 0.15) is 0 Å². The van der Waals surface area contributed by atoms with Crippen molar-refractivity contribution in [3.63, 3.8) is 0 Å². The van der Waals surface area contributed by atoms with E-state index in [1.807, 2.05) is 0 Å². The number of rotatable bonds is 6. The normalized spacial score (nSPS) is 25.5. The lowest BCUT2D eigenvalue weighted by molar-refractivity contribution is 0.205. The standard InChI is InChI=1S/C17H33N3O/c1-14(2)19(3)11-7-6-10-18-17(21)20-12-15-8-4-5-9-16(15)13-20/h14-16H,4-13H2,1-3H3,(H,18,21). The van der Waals surface area contributed by atoms with E-state index in [-0.39, 0.29) is 6.03 Å². The predicted molar refractivity (Wildman–Crippen MR) is 87.4 cm³/mol. The summed E-state index contributed by atoms with van der Waals surface area (Å²) >= 11 is 0. The van der Waals surface area contributed by atoms with Crippen molar-refractivity contribution in [2.45, 2.75) is 58.4 Å². The van der Waals surface area contributed by atoms with E-state index in [0.29, 0.717) is 6.04 Å². The highest BCUT2D eigenvalue weighted by Gasteiger charge is 2.36. The Bertz CT molecular complexity index is 318. The molecule has 0 aromatic carbocycles. The van der Waals surface area contributed by atoms with Gasteiger partial charge in [0.15, 0.2) is 0 Å². The Morgan fingerprint density at radius 3 is 2.38 bits per heavy atom. The molecule has 4 heteroatoms. The summed E-state index contributed by atoms with van der Waals surface area (Å²) in [6.45, 7) is 8.35. The van der Waals surface area contributed by atoms with Crippen LogP contribution in [0, 0.1) is 11.8 Å². The predicted octanol–water partition coefficient (Wildman–Crippen LogP) is 2.94. The third-order valence-electron chi connectivity index (χ3n) is 5.36. The van der Waals surface area contributed by atoms with Crippen LogP contribution in [0.15, 0.2) is 0 Å². The van der Waals surface area contributed by atoms with Crippen molar-refractivity contribution < 1.29 is 4.79 Å². The average Bonchev–Trinajstić information content (AvgIpc) is 2.90. The van der Waals surface area contributed by atoms with Gasteiger partial charge in [-0.15, -0.1) is 0 Å². The number of carbonyl (C=O) groups excluding carboxylic acids is 1. The van der Waals surface area contributed by atoms with Crippen LogP contribution in [0.2, 0.25) is 0 Å². The molecule has 1 saturated carbocycles. The number of hydrogen-bond acceptors (Lipinski definition) is 2. The molecule has 122 valence electrons. The van der Waals surface area contributed by atoms with Crippen molar-refractivity contribution in [3.05, 3.63) is 0 Å². The summed E-state index contributed by atoms with van der Waals surface area (Å²) < 4.78 is 0. The fourth-order valence-corrected chi connectivity index (χ4v) is 3.62. The van der Waals surface area contributed by atoms with E-state index in [2.05, 4.69) is 36.0 Å². The first-order valence-electron chi connectivity index (χ1n) is 8.81. The highest BCUT2D eigenvalue weighted by atomic mass is 16.2. The van der Waals surface area contributed by atoms with Crippen molar-refractivity contribution in [1.82, 2.24) is 15.1 Å². The van der Waals surface area contributed by atoms with Crippen LogP contribution in [0.4, 0.5) is 4.79 Å². The fraction of sp³-hybridized carbons (Fsp3) is 0.941. The molecule has 21 heavy (non-hydrogen) atoms. The van der Waals surface area contributed by atoms with Gasteiger partial charge in [0, 0.05) is 25.7 Å². The summed E-state index contributed by atoms with van der Waals surface area (Å²) in [5.41, 5.74) is 0.